The van der Waals surface area contributed by atoms with E-state index in [0.29, 0.717) is 35.3 Å². The highest BCUT2D eigenvalue weighted by molar-refractivity contribution is 5.94. The van der Waals surface area contributed by atoms with E-state index in [2.05, 4.69) is 25.6 Å². The lowest BCUT2D eigenvalue weighted by Gasteiger charge is -2.38. The summed E-state index contributed by atoms with van der Waals surface area (Å²) in [7, 11) is 0. The third-order valence-corrected chi connectivity index (χ3v) is 6.13. The van der Waals surface area contributed by atoms with Crippen LogP contribution >= 0.6 is 0 Å². The van der Waals surface area contributed by atoms with Gasteiger partial charge in [0, 0.05) is 5.56 Å². The largest absolute Gasteiger partial charge is 0.492 e. The van der Waals surface area contributed by atoms with Gasteiger partial charge < -0.3 is 40.6 Å². The van der Waals surface area contributed by atoms with Gasteiger partial charge in [-0.2, -0.15) is 0 Å². The summed E-state index contributed by atoms with van der Waals surface area (Å²) in [6.07, 6.45) is 0.794. The first-order valence-electron chi connectivity index (χ1n) is 12.3. The van der Waals surface area contributed by atoms with Gasteiger partial charge >= 0.3 is 6.09 Å². The van der Waals surface area contributed by atoms with E-state index < -0.39 is 41.9 Å². The SMILES string of the molecule is CC(C)(C)OC(=O)NCCOc1cccc(C(=O)N[C@@H]2CC[C@@H](n3cnc4c(N)ncnc43)[C@@H](O)[C@@H]2O)c1. The van der Waals surface area contributed by atoms with E-state index >= 15 is 0 Å². The fraction of sp³-hybridized carbons (Fsp3) is 0.480. The summed E-state index contributed by atoms with van der Waals surface area (Å²) in [4.78, 5) is 37.0. The Morgan fingerprint density at radius 2 is 1.95 bits per heavy atom. The van der Waals surface area contributed by atoms with Gasteiger partial charge in [0.05, 0.1) is 25.0 Å². The number of aliphatic hydroxyl groups excluding tert-OH is 2. The average Bonchev–Trinajstić information content (AvgIpc) is 3.29. The number of anilines is 1. The molecule has 4 rings (SSSR count). The monoisotopic (exact) mass is 527 g/mol. The molecule has 3 aromatic rings. The number of aliphatic hydroxyl groups is 2. The molecule has 0 radical (unpaired) electrons. The maximum atomic E-state index is 12.9. The maximum Gasteiger partial charge on any atom is 0.407 e. The standard InChI is InChI=1S/C25H33N7O6/c1-25(2,3)38-24(36)27-9-10-37-15-6-4-5-14(11-15)23(35)31-16-7-8-17(20(34)19(16)33)32-13-30-18-21(26)28-12-29-22(18)32/h4-6,11-13,16-17,19-20,33-34H,7-10H2,1-3H3,(H,27,36)(H,31,35)(H2,26,28,29)/t16-,17-,19-,20-/m1/s1. The maximum absolute atomic E-state index is 12.9. The third-order valence-electron chi connectivity index (χ3n) is 6.13. The van der Waals surface area contributed by atoms with E-state index in [1.54, 1.807) is 49.6 Å². The summed E-state index contributed by atoms with van der Waals surface area (Å²) >= 11 is 0. The number of nitrogens with two attached hydrogens (primary N) is 1. The topological polar surface area (TPSA) is 187 Å². The second kappa shape index (κ2) is 11.2. The number of imidazole rings is 1. The molecule has 4 atom stereocenters. The molecule has 2 heterocycles. The number of carbonyl (C=O) groups excluding carboxylic acids is 2. The number of hydrogen-bond donors (Lipinski definition) is 5. The zero-order chi connectivity index (χ0) is 27.4. The molecule has 1 saturated carbocycles. The predicted molar refractivity (Wildman–Crippen MR) is 137 cm³/mol. The van der Waals surface area contributed by atoms with E-state index in [1.165, 1.54) is 12.7 Å². The number of nitrogen functional groups attached to an aromatic ring is 1. The Morgan fingerprint density at radius 3 is 2.71 bits per heavy atom. The van der Waals surface area contributed by atoms with Crippen LogP contribution in [0.15, 0.2) is 36.9 Å². The van der Waals surface area contributed by atoms with E-state index in [0.717, 1.165) is 0 Å². The van der Waals surface area contributed by atoms with Crippen molar-refractivity contribution in [1.82, 2.24) is 30.2 Å². The first-order chi connectivity index (χ1) is 18.0. The van der Waals surface area contributed by atoms with Crippen molar-refractivity contribution in [3.8, 4) is 5.75 Å². The smallest absolute Gasteiger partial charge is 0.407 e. The van der Waals surface area contributed by atoms with Crippen LogP contribution in [0.1, 0.15) is 50.0 Å². The highest BCUT2D eigenvalue weighted by atomic mass is 16.6. The summed E-state index contributed by atoms with van der Waals surface area (Å²) < 4.78 is 12.5. The van der Waals surface area contributed by atoms with Gasteiger partial charge in [0.1, 0.15) is 42.0 Å². The van der Waals surface area contributed by atoms with Crippen LogP contribution in [0.25, 0.3) is 11.2 Å². The molecule has 6 N–H and O–H groups in total. The molecule has 0 aliphatic heterocycles. The first kappa shape index (κ1) is 27.1. The zero-order valence-electron chi connectivity index (χ0n) is 21.5. The number of hydrogen-bond acceptors (Lipinski definition) is 10. The number of ether oxygens (including phenoxy) is 2. The number of aromatic nitrogens is 4. The molecule has 1 aromatic carbocycles. The molecule has 0 saturated heterocycles. The van der Waals surface area contributed by atoms with Crippen LogP contribution in [0.2, 0.25) is 0 Å². The highest BCUT2D eigenvalue weighted by Crippen LogP contribution is 2.32. The number of alkyl carbamates (subject to hydrolysis) is 1. The van der Waals surface area contributed by atoms with Crippen LogP contribution in [0.5, 0.6) is 5.75 Å². The number of nitrogens with one attached hydrogen (secondary N) is 2. The lowest BCUT2D eigenvalue weighted by molar-refractivity contribution is -0.0552. The second-order valence-electron chi connectivity index (χ2n) is 10.1. The molecule has 2 aromatic heterocycles. The highest BCUT2D eigenvalue weighted by Gasteiger charge is 2.39. The van der Waals surface area contributed by atoms with Crippen molar-refractivity contribution in [2.24, 2.45) is 0 Å². The molecule has 1 aliphatic carbocycles. The van der Waals surface area contributed by atoms with Gasteiger partial charge in [0.2, 0.25) is 0 Å². The Hall–Kier alpha value is -3.97. The lowest BCUT2D eigenvalue weighted by Crippen LogP contribution is -2.54. The first-order valence-corrected chi connectivity index (χ1v) is 12.3. The minimum Gasteiger partial charge on any atom is -0.492 e. The Labute approximate surface area is 219 Å². The Kier molecular flexibility index (Phi) is 7.97. The minimum absolute atomic E-state index is 0.179. The van der Waals surface area contributed by atoms with Crippen molar-refractivity contribution in [2.45, 2.75) is 63.5 Å². The van der Waals surface area contributed by atoms with Crippen molar-refractivity contribution >= 4 is 29.0 Å². The predicted octanol–water partition coefficient (Wildman–Crippen LogP) is 1.17. The molecule has 1 fully saturated rings. The molecule has 1 aliphatic rings. The van der Waals surface area contributed by atoms with Crippen LogP contribution in [0.3, 0.4) is 0 Å². The van der Waals surface area contributed by atoms with E-state index in [-0.39, 0.29) is 19.0 Å². The van der Waals surface area contributed by atoms with Crippen LogP contribution in [0, 0.1) is 0 Å². The van der Waals surface area contributed by atoms with Crippen LogP contribution in [0.4, 0.5) is 10.6 Å². The molecule has 13 heteroatoms. The van der Waals surface area contributed by atoms with Crippen molar-refractivity contribution in [3.63, 3.8) is 0 Å². The summed E-state index contributed by atoms with van der Waals surface area (Å²) in [5.74, 6) is 0.266. The van der Waals surface area contributed by atoms with Crippen LogP contribution < -0.4 is 21.1 Å². The van der Waals surface area contributed by atoms with Crippen LogP contribution in [-0.2, 0) is 4.74 Å². The van der Waals surface area contributed by atoms with E-state index in [4.69, 9.17) is 15.2 Å². The fourth-order valence-electron chi connectivity index (χ4n) is 4.35. The lowest BCUT2D eigenvalue weighted by atomic mass is 9.85. The number of fused-ring (bicyclic) bond motifs is 1. The number of amides is 2. The summed E-state index contributed by atoms with van der Waals surface area (Å²) in [5.41, 5.74) is 6.49. The number of benzene rings is 1. The molecular formula is C25H33N7O6. The third kappa shape index (κ3) is 6.29. The van der Waals surface area contributed by atoms with Gasteiger partial charge in [-0.3, -0.25) is 4.79 Å². The van der Waals surface area contributed by atoms with E-state index in [9.17, 15) is 19.8 Å². The molecular weight excluding hydrogens is 494 g/mol. The quantitative estimate of drug-likeness (QED) is 0.279. The molecule has 38 heavy (non-hydrogen) atoms. The Balaban J connectivity index is 1.31. The molecule has 13 nitrogen and oxygen atoms in total. The van der Waals surface area contributed by atoms with Gasteiger partial charge in [0.25, 0.3) is 5.91 Å². The molecule has 0 bridgehead atoms. The van der Waals surface area contributed by atoms with Crippen molar-refractivity contribution in [1.29, 1.82) is 0 Å². The minimum atomic E-state index is -1.22. The van der Waals surface area contributed by atoms with Gasteiger partial charge in [-0.25, -0.2) is 19.7 Å². The number of nitrogens with zero attached hydrogens (tertiary/aromatic N) is 4. The van der Waals surface area contributed by atoms with Crippen molar-refractivity contribution in [2.75, 3.05) is 18.9 Å². The zero-order valence-corrected chi connectivity index (χ0v) is 21.5. The normalized spacial score (nSPS) is 21.6. The molecule has 204 valence electrons. The van der Waals surface area contributed by atoms with Crippen molar-refractivity contribution < 1.29 is 29.3 Å². The van der Waals surface area contributed by atoms with E-state index in [1.807, 2.05) is 0 Å². The second-order valence-corrected chi connectivity index (χ2v) is 10.1. The average molecular weight is 528 g/mol. The summed E-state index contributed by atoms with van der Waals surface area (Å²) in [6, 6.07) is 5.40. The number of rotatable bonds is 7. The Bertz CT molecular complexity index is 1290. The number of carbonyl (C=O) groups is 2. The molecule has 0 spiro atoms. The van der Waals surface area contributed by atoms with Crippen molar-refractivity contribution in [3.05, 3.63) is 42.5 Å². The van der Waals surface area contributed by atoms with Gasteiger partial charge in [-0.1, -0.05) is 6.07 Å². The van der Waals surface area contributed by atoms with Gasteiger partial charge in [-0.05, 0) is 51.8 Å². The van der Waals surface area contributed by atoms with Gasteiger partial charge in [-0.15, -0.1) is 0 Å². The Morgan fingerprint density at radius 1 is 1.16 bits per heavy atom. The van der Waals surface area contributed by atoms with Gasteiger partial charge in [0.15, 0.2) is 11.5 Å². The summed E-state index contributed by atoms with van der Waals surface area (Å²) in [5, 5.41) is 27.1. The molecule has 2 amide bonds. The molecule has 0 unspecified atom stereocenters. The van der Waals surface area contributed by atoms with Crippen LogP contribution in [-0.4, -0.2) is 78.7 Å². The summed E-state index contributed by atoms with van der Waals surface area (Å²) in [6.45, 7) is 5.73. The fourth-order valence-corrected chi connectivity index (χ4v) is 4.35.